The van der Waals surface area contributed by atoms with Crippen LogP contribution in [0.1, 0.15) is 20.3 Å². The molecule has 1 atom stereocenters. The average Bonchev–Trinajstić information content (AvgIpc) is 2.33. The molecule has 0 amide bonds. The molecule has 0 aromatic heterocycles. The van der Waals surface area contributed by atoms with E-state index in [9.17, 15) is 5.11 Å². The fourth-order valence-corrected chi connectivity index (χ4v) is 2.42. The molecule has 0 aliphatic carbocycles. The third-order valence-electron chi connectivity index (χ3n) is 1.92. The summed E-state index contributed by atoms with van der Waals surface area (Å²) in [6.07, 6.45) is 0.942. The second-order valence-electron chi connectivity index (χ2n) is 3.56. The largest absolute Gasteiger partial charge is 0.388 e. The normalized spacial score (nSPS) is 31.6. The van der Waals surface area contributed by atoms with Gasteiger partial charge in [0.25, 0.3) is 0 Å². The monoisotopic (exact) mass is 175 g/mol. The van der Waals surface area contributed by atoms with Crippen LogP contribution >= 0.6 is 11.8 Å². The second-order valence-corrected chi connectivity index (χ2v) is 4.67. The van der Waals surface area contributed by atoms with E-state index in [4.69, 9.17) is 0 Å². The van der Waals surface area contributed by atoms with E-state index in [2.05, 4.69) is 19.2 Å². The number of aliphatic hydroxyl groups is 1. The van der Waals surface area contributed by atoms with Gasteiger partial charge < -0.3 is 10.4 Å². The Morgan fingerprint density at radius 2 is 2.36 bits per heavy atom. The predicted molar refractivity (Wildman–Crippen MR) is 50.0 cm³/mol. The summed E-state index contributed by atoms with van der Waals surface area (Å²) in [4.78, 5) is 0. The summed E-state index contributed by atoms with van der Waals surface area (Å²) in [6.45, 7) is 4.95. The van der Waals surface area contributed by atoms with Crippen LogP contribution in [0.3, 0.4) is 0 Å². The molecule has 0 bridgehead atoms. The van der Waals surface area contributed by atoms with E-state index in [-0.39, 0.29) is 0 Å². The molecule has 2 nitrogen and oxygen atoms in total. The summed E-state index contributed by atoms with van der Waals surface area (Å²) < 4.78 is 0. The quantitative estimate of drug-likeness (QED) is 0.667. The lowest BCUT2D eigenvalue weighted by Gasteiger charge is -2.22. The molecule has 0 aromatic carbocycles. The maximum absolute atomic E-state index is 9.86. The van der Waals surface area contributed by atoms with Crippen LogP contribution in [0.2, 0.25) is 0 Å². The standard InChI is InChI=1S/C8H17NOS/c1-7(2)9-5-8(10)3-4-11-6-8/h7,9-10H,3-6H2,1-2H3. The SMILES string of the molecule is CC(C)NCC1(O)CCSC1. The van der Waals surface area contributed by atoms with E-state index in [0.29, 0.717) is 6.04 Å². The summed E-state index contributed by atoms with van der Waals surface area (Å²) in [5.41, 5.74) is -0.422. The average molecular weight is 175 g/mol. The van der Waals surface area contributed by atoms with Gasteiger partial charge in [-0.05, 0) is 12.2 Å². The molecule has 1 unspecified atom stereocenters. The number of rotatable bonds is 3. The number of nitrogens with one attached hydrogen (secondary N) is 1. The van der Waals surface area contributed by atoms with Gasteiger partial charge in [0.2, 0.25) is 0 Å². The van der Waals surface area contributed by atoms with Crippen LogP contribution in [0.15, 0.2) is 0 Å². The fourth-order valence-electron chi connectivity index (χ4n) is 1.13. The second kappa shape index (κ2) is 3.78. The third-order valence-corrected chi connectivity index (χ3v) is 3.16. The van der Waals surface area contributed by atoms with Crippen molar-refractivity contribution in [2.75, 3.05) is 18.1 Å². The van der Waals surface area contributed by atoms with Gasteiger partial charge in [-0.1, -0.05) is 13.8 Å². The van der Waals surface area contributed by atoms with E-state index in [1.54, 1.807) is 0 Å². The maximum atomic E-state index is 9.86. The minimum Gasteiger partial charge on any atom is -0.388 e. The summed E-state index contributed by atoms with van der Waals surface area (Å²) in [7, 11) is 0. The van der Waals surface area contributed by atoms with Crippen molar-refractivity contribution in [2.24, 2.45) is 0 Å². The highest BCUT2D eigenvalue weighted by Gasteiger charge is 2.31. The molecular formula is C8H17NOS. The summed E-state index contributed by atoms with van der Waals surface area (Å²) in [6, 6.07) is 0.477. The number of hydrogen-bond acceptors (Lipinski definition) is 3. The zero-order chi connectivity index (χ0) is 8.32. The Hall–Kier alpha value is 0.270. The van der Waals surface area contributed by atoms with Crippen molar-refractivity contribution >= 4 is 11.8 Å². The van der Waals surface area contributed by atoms with Gasteiger partial charge in [0.1, 0.15) is 0 Å². The highest BCUT2D eigenvalue weighted by Crippen LogP contribution is 2.26. The van der Waals surface area contributed by atoms with Crippen molar-refractivity contribution < 1.29 is 5.11 Å². The van der Waals surface area contributed by atoms with Gasteiger partial charge in [-0.25, -0.2) is 0 Å². The van der Waals surface area contributed by atoms with Crippen LogP contribution < -0.4 is 5.32 Å². The highest BCUT2D eigenvalue weighted by atomic mass is 32.2. The molecule has 1 saturated heterocycles. The topological polar surface area (TPSA) is 32.3 Å². The molecule has 1 aliphatic rings. The van der Waals surface area contributed by atoms with Crippen molar-refractivity contribution in [1.29, 1.82) is 0 Å². The zero-order valence-corrected chi connectivity index (χ0v) is 8.08. The molecule has 11 heavy (non-hydrogen) atoms. The van der Waals surface area contributed by atoms with Gasteiger partial charge in [-0.2, -0.15) is 11.8 Å². The number of thioether (sulfide) groups is 1. The first-order valence-corrected chi connectivity index (χ1v) is 5.31. The first-order chi connectivity index (χ1) is 5.12. The lowest BCUT2D eigenvalue weighted by Crippen LogP contribution is -2.42. The van der Waals surface area contributed by atoms with Crippen molar-refractivity contribution in [3.05, 3.63) is 0 Å². The molecule has 0 spiro atoms. The van der Waals surface area contributed by atoms with Crippen LogP contribution in [0.25, 0.3) is 0 Å². The zero-order valence-electron chi connectivity index (χ0n) is 7.26. The van der Waals surface area contributed by atoms with Crippen molar-refractivity contribution in [2.45, 2.75) is 31.9 Å². The third kappa shape index (κ3) is 3.01. The lowest BCUT2D eigenvalue weighted by atomic mass is 10.0. The molecule has 1 aliphatic heterocycles. The van der Waals surface area contributed by atoms with E-state index < -0.39 is 5.60 Å². The van der Waals surface area contributed by atoms with Gasteiger partial charge in [-0.15, -0.1) is 0 Å². The lowest BCUT2D eigenvalue weighted by molar-refractivity contribution is 0.0657. The Kier molecular flexibility index (Phi) is 3.22. The first kappa shape index (κ1) is 9.36. The van der Waals surface area contributed by atoms with Crippen molar-refractivity contribution in [1.82, 2.24) is 5.32 Å². The maximum Gasteiger partial charge on any atom is 0.0869 e. The fraction of sp³-hybridized carbons (Fsp3) is 1.00. The Bertz CT molecular complexity index is 121. The van der Waals surface area contributed by atoms with Crippen molar-refractivity contribution in [3.63, 3.8) is 0 Å². The van der Waals surface area contributed by atoms with E-state index in [1.807, 2.05) is 11.8 Å². The van der Waals surface area contributed by atoms with Crippen LogP contribution in [0.5, 0.6) is 0 Å². The molecule has 0 saturated carbocycles. The Labute approximate surface area is 72.8 Å². The predicted octanol–water partition coefficient (Wildman–Crippen LogP) is 0.852. The molecule has 1 rings (SSSR count). The van der Waals surface area contributed by atoms with Crippen LogP contribution in [-0.2, 0) is 0 Å². The van der Waals surface area contributed by atoms with Crippen molar-refractivity contribution in [3.8, 4) is 0 Å². The summed E-state index contributed by atoms with van der Waals surface area (Å²) >= 11 is 1.84. The van der Waals surface area contributed by atoms with E-state index in [1.165, 1.54) is 0 Å². The minimum atomic E-state index is -0.422. The highest BCUT2D eigenvalue weighted by molar-refractivity contribution is 7.99. The smallest absolute Gasteiger partial charge is 0.0869 e. The van der Waals surface area contributed by atoms with Gasteiger partial charge >= 0.3 is 0 Å². The van der Waals surface area contributed by atoms with Gasteiger partial charge in [0.15, 0.2) is 0 Å². The molecule has 1 fully saturated rings. The van der Waals surface area contributed by atoms with Gasteiger partial charge in [0, 0.05) is 18.3 Å². The van der Waals surface area contributed by atoms with Crippen LogP contribution in [0, 0.1) is 0 Å². The van der Waals surface area contributed by atoms with Crippen LogP contribution in [0.4, 0.5) is 0 Å². The Morgan fingerprint density at radius 3 is 2.82 bits per heavy atom. The minimum absolute atomic E-state index is 0.422. The molecular weight excluding hydrogens is 158 g/mol. The first-order valence-electron chi connectivity index (χ1n) is 4.16. The molecule has 66 valence electrons. The van der Waals surface area contributed by atoms with E-state index in [0.717, 1.165) is 24.5 Å². The Morgan fingerprint density at radius 1 is 1.64 bits per heavy atom. The van der Waals surface area contributed by atoms with Crippen LogP contribution in [-0.4, -0.2) is 34.8 Å². The summed E-state index contributed by atoms with van der Waals surface area (Å²) in [5, 5.41) is 13.1. The molecule has 0 radical (unpaired) electrons. The Balaban J connectivity index is 2.23. The van der Waals surface area contributed by atoms with Gasteiger partial charge in [0.05, 0.1) is 5.60 Å². The van der Waals surface area contributed by atoms with Gasteiger partial charge in [-0.3, -0.25) is 0 Å². The number of hydrogen-bond donors (Lipinski definition) is 2. The molecule has 1 heterocycles. The van der Waals surface area contributed by atoms with E-state index >= 15 is 0 Å². The molecule has 3 heteroatoms. The summed E-state index contributed by atoms with van der Waals surface area (Å²) in [5.74, 6) is 2.00. The molecule has 0 aromatic rings. The molecule has 2 N–H and O–H groups in total.